The number of nitrogens with one attached hydrogen (secondary N) is 1. The largest absolute Gasteiger partial charge is 0.283 e. The van der Waals surface area contributed by atoms with Crippen molar-refractivity contribution in [2.75, 3.05) is 0 Å². The number of hydrogen-bond donors (Lipinski definition) is 1. The van der Waals surface area contributed by atoms with Crippen LogP contribution in [0.15, 0.2) is 23.4 Å². The van der Waals surface area contributed by atoms with Crippen LogP contribution in [-0.4, -0.2) is 8.90 Å². The number of rotatable bonds is 1. The highest BCUT2D eigenvalue weighted by atomic mass is 127. The lowest BCUT2D eigenvalue weighted by Gasteiger charge is -1.97. The second-order valence-corrected chi connectivity index (χ2v) is 2.70. The van der Waals surface area contributed by atoms with Gasteiger partial charge in [-0.2, -0.15) is 5.10 Å². The molecule has 0 saturated carbocycles. The summed E-state index contributed by atoms with van der Waals surface area (Å²) in [5.41, 5.74) is 1.48. The van der Waals surface area contributed by atoms with Crippen molar-refractivity contribution in [2.45, 2.75) is 6.92 Å². The van der Waals surface area contributed by atoms with E-state index < -0.39 is 0 Å². The molecule has 1 N–H and O–H groups in total. The molecule has 0 saturated heterocycles. The van der Waals surface area contributed by atoms with E-state index in [1.165, 1.54) is 4.68 Å². The summed E-state index contributed by atoms with van der Waals surface area (Å²) in [7, 11) is 0. The van der Waals surface area contributed by atoms with Crippen molar-refractivity contribution in [1.29, 1.82) is 5.41 Å². The van der Waals surface area contributed by atoms with E-state index in [0.717, 1.165) is 5.56 Å². The van der Waals surface area contributed by atoms with Crippen LogP contribution in [-0.2, 0) is 0 Å². The molecule has 0 aromatic carbocycles. The zero-order valence-corrected chi connectivity index (χ0v) is 8.24. The van der Waals surface area contributed by atoms with Crippen molar-refractivity contribution < 1.29 is 0 Å². The van der Waals surface area contributed by atoms with Gasteiger partial charge in [-0.05, 0) is 47.2 Å². The minimum Gasteiger partial charge on any atom is -0.283 e. The number of aromatic nitrogens is 1. The van der Waals surface area contributed by atoms with Gasteiger partial charge in [0.25, 0.3) is 0 Å². The Hall–Kier alpha value is -0.650. The second kappa shape index (κ2) is 3.66. The van der Waals surface area contributed by atoms with Crippen LogP contribution >= 0.6 is 22.6 Å². The quantitative estimate of drug-likeness (QED) is 0.588. The minimum atomic E-state index is 0.401. The maximum Gasteiger partial charge on any atom is 0.146 e. The van der Waals surface area contributed by atoms with Gasteiger partial charge in [0.1, 0.15) is 5.49 Å². The van der Waals surface area contributed by atoms with Crippen LogP contribution in [0.2, 0.25) is 0 Å². The predicted octanol–water partition coefficient (Wildman–Crippen LogP) is 1.50. The van der Waals surface area contributed by atoms with Crippen molar-refractivity contribution >= 4 is 26.8 Å². The van der Waals surface area contributed by atoms with Crippen LogP contribution in [0.5, 0.6) is 0 Å². The highest BCUT2D eigenvalue weighted by molar-refractivity contribution is 14.1. The molecular weight excluding hydrogens is 253 g/mol. The lowest BCUT2D eigenvalue weighted by Crippen LogP contribution is -2.14. The van der Waals surface area contributed by atoms with E-state index in [1.807, 2.05) is 35.6 Å². The third-order valence-electron chi connectivity index (χ3n) is 1.26. The van der Waals surface area contributed by atoms with Gasteiger partial charge >= 0.3 is 0 Å². The average molecular weight is 261 g/mol. The molecule has 3 nitrogen and oxygen atoms in total. The Balaban J connectivity index is 3.20. The number of nitrogens with zero attached hydrogens (tertiary/aromatic N) is 2. The predicted molar refractivity (Wildman–Crippen MR) is 52.9 cm³/mol. The fourth-order valence-corrected chi connectivity index (χ4v) is 1.01. The molecule has 0 spiro atoms. The highest BCUT2D eigenvalue weighted by Gasteiger charge is 1.87. The molecule has 4 heteroatoms. The number of pyridine rings is 1. The smallest absolute Gasteiger partial charge is 0.146 e. The Labute approximate surface area is 78.4 Å². The first-order chi connectivity index (χ1) is 5.24. The zero-order valence-electron chi connectivity index (χ0n) is 6.08. The summed E-state index contributed by atoms with van der Waals surface area (Å²) in [6.45, 7) is 1.95. The Morgan fingerprint density at radius 3 is 3.00 bits per heavy atom. The van der Waals surface area contributed by atoms with Crippen LogP contribution in [0.4, 0.5) is 0 Å². The van der Waals surface area contributed by atoms with Gasteiger partial charge in [0.15, 0.2) is 0 Å². The van der Waals surface area contributed by atoms with E-state index in [1.54, 1.807) is 16.5 Å². The van der Waals surface area contributed by atoms with Gasteiger partial charge in [0.2, 0.25) is 0 Å². The number of aryl methyl sites for hydroxylation is 1. The molecule has 0 fully saturated rings. The molecule has 0 atom stereocenters. The molecule has 1 heterocycles. The molecular formula is C7H8IN3. The molecule has 0 unspecified atom stereocenters. The Kier molecular flexibility index (Phi) is 2.81. The summed E-state index contributed by atoms with van der Waals surface area (Å²) in [6, 6.07) is 3.69. The van der Waals surface area contributed by atoms with Gasteiger partial charge in [-0.3, -0.25) is 5.41 Å². The maximum atomic E-state index is 7.46. The van der Waals surface area contributed by atoms with Gasteiger partial charge in [0.05, 0.1) is 4.22 Å². The maximum absolute atomic E-state index is 7.46. The van der Waals surface area contributed by atoms with Crippen LogP contribution in [0.25, 0.3) is 0 Å². The highest BCUT2D eigenvalue weighted by Crippen LogP contribution is 1.90. The summed E-state index contributed by atoms with van der Waals surface area (Å²) >= 11 is 2.02. The molecule has 1 aromatic heterocycles. The average Bonchev–Trinajstić information content (AvgIpc) is 1.95. The topological polar surface area (TPSA) is 41.1 Å². The van der Waals surface area contributed by atoms with Crippen molar-refractivity contribution in [3.05, 3.63) is 29.4 Å². The molecule has 1 rings (SSSR count). The van der Waals surface area contributed by atoms with E-state index in [0.29, 0.717) is 5.49 Å². The minimum absolute atomic E-state index is 0.401. The van der Waals surface area contributed by atoms with E-state index in [4.69, 9.17) is 5.41 Å². The molecule has 1 aromatic rings. The Morgan fingerprint density at radius 2 is 2.45 bits per heavy atom. The van der Waals surface area contributed by atoms with Crippen molar-refractivity contribution in [2.24, 2.45) is 5.10 Å². The normalized spacial score (nSPS) is 10.7. The van der Waals surface area contributed by atoms with Crippen molar-refractivity contribution in [1.82, 2.24) is 4.68 Å². The Morgan fingerprint density at radius 1 is 1.73 bits per heavy atom. The molecule has 0 amide bonds. The second-order valence-electron chi connectivity index (χ2n) is 2.15. The van der Waals surface area contributed by atoms with Gasteiger partial charge < -0.3 is 0 Å². The van der Waals surface area contributed by atoms with Gasteiger partial charge in [-0.1, -0.05) is 0 Å². The first kappa shape index (κ1) is 8.45. The molecule has 0 bridgehead atoms. The summed E-state index contributed by atoms with van der Waals surface area (Å²) in [4.78, 5) is 0. The molecule has 58 valence electrons. The van der Waals surface area contributed by atoms with Gasteiger partial charge in [-0.15, -0.1) is 0 Å². The molecule has 0 aliphatic heterocycles. The monoisotopic (exact) mass is 261 g/mol. The number of hydrogen-bond acceptors (Lipinski definition) is 2. The molecule has 0 aliphatic carbocycles. The SMILES string of the molecule is Cc1ccn(/N=C\I)c(=N)c1. The lowest BCUT2D eigenvalue weighted by molar-refractivity contribution is 0.793. The summed E-state index contributed by atoms with van der Waals surface area (Å²) in [5, 5.41) is 11.4. The van der Waals surface area contributed by atoms with E-state index in [-0.39, 0.29) is 0 Å². The number of halogens is 1. The summed E-state index contributed by atoms with van der Waals surface area (Å²) in [6.07, 6.45) is 1.77. The van der Waals surface area contributed by atoms with Gasteiger partial charge in [-0.25, -0.2) is 4.68 Å². The van der Waals surface area contributed by atoms with E-state index >= 15 is 0 Å². The summed E-state index contributed by atoms with van der Waals surface area (Å²) < 4.78 is 3.14. The Bertz CT molecular complexity index is 327. The van der Waals surface area contributed by atoms with Crippen LogP contribution in [0, 0.1) is 12.3 Å². The van der Waals surface area contributed by atoms with Gasteiger partial charge in [0, 0.05) is 6.20 Å². The summed E-state index contributed by atoms with van der Waals surface area (Å²) in [5.74, 6) is 0. The fourth-order valence-electron chi connectivity index (χ4n) is 0.746. The third kappa shape index (κ3) is 2.14. The zero-order chi connectivity index (χ0) is 8.27. The first-order valence-corrected chi connectivity index (χ1v) is 4.35. The van der Waals surface area contributed by atoms with E-state index in [2.05, 4.69) is 5.10 Å². The van der Waals surface area contributed by atoms with Crippen molar-refractivity contribution in [3.63, 3.8) is 0 Å². The van der Waals surface area contributed by atoms with Crippen molar-refractivity contribution in [3.8, 4) is 0 Å². The third-order valence-corrected chi connectivity index (χ3v) is 1.51. The fraction of sp³-hybridized carbons (Fsp3) is 0.143. The van der Waals surface area contributed by atoms with E-state index in [9.17, 15) is 0 Å². The van der Waals surface area contributed by atoms with Crippen LogP contribution < -0.4 is 5.49 Å². The first-order valence-electron chi connectivity index (χ1n) is 3.11. The standard InChI is InChI=1S/C7H8IN3/c1-6-2-3-11(10-5-8)7(9)4-6/h2-5,9H,1H3/b9-7?,10-5-. The lowest BCUT2D eigenvalue weighted by atomic mass is 10.3. The molecule has 0 aliphatic rings. The molecule has 11 heavy (non-hydrogen) atoms. The van der Waals surface area contributed by atoms with Crippen LogP contribution in [0.1, 0.15) is 5.56 Å². The molecule has 0 radical (unpaired) electrons. The van der Waals surface area contributed by atoms with Crippen LogP contribution in [0.3, 0.4) is 0 Å².